The summed E-state index contributed by atoms with van der Waals surface area (Å²) in [4.78, 5) is 13.5. The summed E-state index contributed by atoms with van der Waals surface area (Å²) in [7, 11) is 1.91. The molecule has 0 fully saturated rings. The lowest BCUT2D eigenvalue weighted by molar-refractivity contribution is -0.398. The molecular formula is C29H20N6O+2. The van der Waals surface area contributed by atoms with E-state index < -0.39 is 0 Å². The molecule has 0 saturated heterocycles. The fraction of sp³-hybridized carbons (Fsp3) is 0.0345. The Kier molecular flexibility index (Phi) is 4.49. The minimum absolute atomic E-state index is 0.717. The molecule has 36 heavy (non-hydrogen) atoms. The number of benzene rings is 3. The molecule has 7 rings (SSSR count). The van der Waals surface area contributed by atoms with Gasteiger partial charge in [0, 0.05) is 34.1 Å². The average molecular weight is 469 g/mol. The smallest absolute Gasteiger partial charge is 0.457 e. The van der Waals surface area contributed by atoms with Gasteiger partial charge in [-0.25, -0.2) is 4.98 Å². The highest BCUT2D eigenvalue weighted by molar-refractivity contribution is 6.09. The summed E-state index contributed by atoms with van der Waals surface area (Å²) in [5.74, 6) is 3.82. The molecule has 1 aliphatic rings. The van der Waals surface area contributed by atoms with Gasteiger partial charge in [0.05, 0.1) is 17.2 Å². The molecule has 0 bridgehead atoms. The van der Waals surface area contributed by atoms with Crippen molar-refractivity contribution < 1.29 is 9.31 Å². The number of hydrogen-bond acceptors (Lipinski definition) is 4. The van der Waals surface area contributed by atoms with Crippen LogP contribution in [0.15, 0.2) is 104 Å². The molecule has 0 radical (unpaired) electrons. The molecule has 0 amide bonds. The van der Waals surface area contributed by atoms with Crippen molar-refractivity contribution in [1.82, 2.24) is 24.1 Å². The van der Waals surface area contributed by atoms with Crippen molar-refractivity contribution >= 4 is 45.1 Å². The molecule has 4 heterocycles. The summed E-state index contributed by atoms with van der Waals surface area (Å²) in [6.07, 6.45) is 5.18. The van der Waals surface area contributed by atoms with Crippen molar-refractivity contribution in [2.75, 3.05) is 7.05 Å². The van der Waals surface area contributed by atoms with Crippen molar-refractivity contribution in [3.8, 4) is 17.3 Å². The number of para-hydroxylation sites is 1. The first-order valence-corrected chi connectivity index (χ1v) is 11.6. The maximum Gasteiger partial charge on any atom is 0.474 e. The second-order valence-electron chi connectivity index (χ2n) is 8.52. The molecule has 7 heteroatoms. The number of hydrogen-bond donors (Lipinski definition) is 0. The van der Waals surface area contributed by atoms with E-state index in [-0.39, 0.29) is 0 Å². The molecule has 0 spiro atoms. The molecular weight excluding hydrogens is 448 g/mol. The molecule has 0 atom stereocenters. The van der Waals surface area contributed by atoms with Crippen molar-refractivity contribution in [1.29, 1.82) is 0 Å². The first-order chi connectivity index (χ1) is 17.8. The number of aromatic nitrogens is 4. The molecule has 0 aliphatic carbocycles. The first-order valence-electron chi connectivity index (χ1n) is 11.6. The maximum atomic E-state index is 6.35. The highest BCUT2D eigenvalue weighted by atomic mass is 16.5. The van der Waals surface area contributed by atoms with E-state index in [0.717, 1.165) is 45.3 Å². The summed E-state index contributed by atoms with van der Waals surface area (Å²) < 4.78 is 12.2. The van der Waals surface area contributed by atoms with Crippen LogP contribution in [0.5, 0.6) is 11.5 Å². The van der Waals surface area contributed by atoms with Gasteiger partial charge in [0.25, 0.3) is 0 Å². The molecule has 0 saturated carbocycles. The average Bonchev–Trinajstić information content (AvgIpc) is 3.44. The van der Waals surface area contributed by atoms with Gasteiger partial charge in [0.15, 0.2) is 11.9 Å². The molecule has 0 unspecified atom stereocenters. The SMILES string of the molecule is C[N+]1=C=[N+](c2cccc(Oc3ccc4c5ccccc5n(-c5ccccn5)c4c3)c2)c2nccnc21. The zero-order chi connectivity index (χ0) is 24.1. The van der Waals surface area contributed by atoms with E-state index in [1.807, 2.05) is 70.9 Å². The van der Waals surface area contributed by atoms with Crippen LogP contribution in [0.2, 0.25) is 0 Å². The molecule has 3 aromatic heterocycles. The van der Waals surface area contributed by atoms with Crippen LogP contribution in [0.4, 0.5) is 17.3 Å². The van der Waals surface area contributed by atoms with Gasteiger partial charge in [-0.05, 0) is 42.5 Å². The predicted octanol–water partition coefficient (Wildman–Crippen LogP) is 6.06. The summed E-state index contributed by atoms with van der Waals surface area (Å²) in [5, 5.41) is 2.33. The third-order valence-corrected chi connectivity index (χ3v) is 6.27. The summed E-state index contributed by atoms with van der Waals surface area (Å²) >= 11 is 0. The summed E-state index contributed by atoms with van der Waals surface area (Å²) in [6, 6.07) is 31.7. The van der Waals surface area contributed by atoms with E-state index in [1.54, 1.807) is 12.4 Å². The van der Waals surface area contributed by atoms with Crippen molar-refractivity contribution in [3.63, 3.8) is 0 Å². The van der Waals surface area contributed by atoms with E-state index >= 15 is 0 Å². The van der Waals surface area contributed by atoms with Gasteiger partial charge in [-0.1, -0.05) is 34.9 Å². The Balaban J connectivity index is 1.31. The van der Waals surface area contributed by atoms with E-state index in [9.17, 15) is 0 Å². The van der Waals surface area contributed by atoms with E-state index in [1.165, 1.54) is 5.39 Å². The highest BCUT2D eigenvalue weighted by Crippen LogP contribution is 2.36. The topological polar surface area (TPSA) is 58.9 Å². The number of rotatable bonds is 4. The lowest BCUT2D eigenvalue weighted by atomic mass is 10.1. The zero-order valence-corrected chi connectivity index (χ0v) is 19.4. The quantitative estimate of drug-likeness (QED) is 0.295. The second-order valence-corrected chi connectivity index (χ2v) is 8.52. The fourth-order valence-electron chi connectivity index (χ4n) is 4.71. The Hall–Kier alpha value is -5.13. The third kappa shape index (κ3) is 3.19. The summed E-state index contributed by atoms with van der Waals surface area (Å²) in [6.45, 7) is 0. The number of pyridine rings is 1. The summed E-state index contributed by atoms with van der Waals surface area (Å²) in [5.41, 5.74) is 3.03. The monoisotopic (exact) mass is 468 g/mol. The lowest BCUT2D eigenvalue weighted by Gasteiger charge is -2.09. The van der Waals surface area contributed by atoms with Gasteiger partial charge in [-0.2, -0.15) is 4.98 Å². The molecule has 6 aromatic rings. The van der Waals surface area contributed by atoms with Crippen molar-refractivity contribution in [2.24, 2.45) is 0 Å². The van der Waals surface area contributed by atoms with Gasteiger partial charge in [0.2, 0.25) is 0 Å². The minimum atomic E-state index is 0.717. The molecule has 0 N–H and O–H groups in total. The normalized spacial score (nSPS) is 12.5. The largest absolute Gasteiger partial charge is 0.474 e. The van der Waals surface area contributed by atoms with Crippen LogP contribution in [0.25, 0.3) is 27.6 Å². The molecule has 3 aromatic carbocycles. The molecule has 1 aliphatic heterocycles. The second kappa shape index (κ2) is 7.98. The van der Waals surface area contributed by atoms with Crippen LogP contribution in [0.1, 0.15) is 0 Å². The predicted molar refractivity (Wildman–Crippen MR) is 139 cm³/mol. The Labute approximate surface area is 206 Å². The third-order valence-electron chi connectivity index (χ3n) is 6.27. The Bertz CT molecular complexity index is 1870. The first kappa shape index (κ1) is 20.3. The van der Waals surface area contributed by atoms with Crippen LogP contribution in [0.3, 0.4) is 0 Å². The highest BCUT2D eigenvalue weighted by Gasteiger charge is 2.34. The van der Waals surface area contributed by atoms with Crippen LogP contribution < -0.4 is 9.31 Å². The van der Waals surface area contributed by atoms with Gasteiger partial charge in [0.1, 0.15) is 24.4 Å². The fourth-order valence-corrected chi connectivity index (χ4v) is 4.71. The minimum Gasteiger partial charge on any atom is -0.457 e. The van der Waals surface area contributed by atoms with Crippen LogP contribution in [-0.4, -0.2) is 37.2 Å². The van der Waals surface area contributed by atoms with E-state index in [4.69, 9.17) is 4.74 Å². The Morgan fingerprint density at radius 2 is 1.50 bits per heavy atom. The van der Waals surface area contributed by atoms with Crippen LogP contribution in [0, 0.1) is 0 Å². The van der Waals surface area contributed by atoms with E-state index in [0.29, 0.717) is 5.75 Å². The van der Waals surface area contributed by atoms with Crippen molar-refractivity contribution in [3.05, 3.63) is 104 Å². The van der Waals surface area contributed by atoms with Crippen LogP contribution >= 0.6 is 0 Å². The Morgan fingerprint density at radius 1 is 0.694 bits per heavy atom. The maximum absolute atomic E-state index is 6.35. The van der Waals surface area contributed by atoms with Crippen molar-refractivity contribution in [2.45, 2.75) is 0 Å². The van der Waals surface area contributed by atoms with Gasteiger partial charge >= 0.3 is 17.6 Å². The number of fused-ring (bicyclic) bond motifs is 4. The lowest BCUT2D eigenvalue weighted by Crippen LogP contribution is -2.01. The van der Waals surface area contributed by atoms with Gasteiger partial charge < -0.3 is 4.74 Å². The van der Waals surface area contributed by atoms with E-state index in [2.05, 4.69) is 61.9 Å². The number of ether oxygens (including phenoxy) is 1. The number of nitrogens with zero attached hydrogens (tertiary/aromatic N) is 6. The zero-order valence-electron chi connectivity index (χ0n) is 19.4. The van der Waals surface area contributed by atoms with Gasteiger partial charge in [-0.15, -0.1) is 4.58 Å². The molecule has 7 nitrogen and oxygen atoms in total. The van der Waals surface area contributed by atoms with Gasteiger partial charge in [-0.3, -0.25) is 4.57 Å². The van der Waals surface area contributed by atoms with Crippen LogP contribution in [-0.2, 0) is 0 Å². The standard InChI is InChI=1S/C29H20N6O/c1-33-19-34(29-28(33)31-15-16-32-29)20-7-6-8-21(17-20)36-22-12-13-24-23-9-2-3-10-25(23)35(26(24)18-22)27-11-4-5-14-30-27/h2-18H,1H3/q+2. The molecule has 170 valence electrons. The Morgan fingerprint density at radius 3 is 2.39 bits per heavy atom.